The van der Waals surface area contributed by atoms with Crippen LogP contribution in [0.1, 0.15) is 29.6 Å². The first-order valence-corrected chi connectivity index (χ1v) is 7.39. The lowest BCUT2D eigenvalue weighted by Crippen LogP contribution is -2.16. The zero-order chi connectivity index (χ0) is 14.5. The lowest BCUT2D eigenvalue weighted by Gasteiger charge is -2.11. The highest BCUT2D eigenvalue weighted by Crippen LogP contribution is 2.22. The van der Waals surface area contributed by atoms with E-state index in [2.05, 4.69) is 26.6 Å². The van der Waals surface area contributed by atoms with Gasteiger partial charge in [0.2, 0.25) is 5.91 Å². The predicted octanol–water partition coefficient (Wildman–Crippen LogP) is 2.48. The number of aromatic carboxylic acids is 1. The van der Waals surface area contributed by atoms with E-state index in [0.29, 0.717) is 22.5 Å². The van der Waals surface area contributed by atoms with Gasteiger partial charge in [0.25, 0.3) is 0 Å². The van der Waals surface area contributed by atoms with Crippen LogP contribution in [0.2, 0.25) is 0 Å². The van der Waals surface area contributed by atoms with E-state index < -0.39 is 5.97 Å². The van der Waals surface area contributed by atoms with Gasteiger partial charge in [-0.25, -0.2) is 4.79 Å². The molecule has 0 aromatic heterocycles. The van der Waals surface area contributed by atoms with Crippen molar-refractivity contribution in [3.8, 4) is 0 Å². The molecule has 1 unspecified atom stereocenters. The first kappa shape index (κ1) is 15.0. The molecule has 2 rings (SSSR count). The van der Waals surface area contributed by atoms with Crippen molar-refractivity contribution in [2.24, 2.45) is 5.92 Å². The topological polar surface area (TPSA) is 78.4 Å². The average molecular weight is 341 g/mol. The summed E-state index contributed by atoms with van der Waals surface area (Å²) in [6.07, 6.45) is 2.35. The number of hydrogen-bond donors (Lipinski definition) is 3. The van der Waals surface area contributed by atoms with Gasteiger partial charge >= 0.3 is 5.97 Å². The van der Waals surface area contributed by atoms with Crippen LogP contribution in [0.25, 0.3) is 0 Å². The minimum Gasteiger partial charge on any atom is -0.478 e. The molecule has 0 aliphatic carbocycles. The summed E-state index contributed by atoms with van der Waals surface area (Å²) < 4.78 is 0.671. The molecule has 5 nitrogen and oxygen atoms in total. The largest absolute Gasteiger partial charge is 0.478 e. The highest BCUT2D eigenvalue weighted by Gasteiger charge is 2.17. The number of hydrogen-bond acceptors (Lipinski definition) is 3. The van der Waals surface area contributed by atoms with E-state index in [9.17, 15) is 9.59 Å². The third kappa shape index (κ3) is 4.05. The molecular formula is C14H17BrN2O3. The van der Waals surface area contributed by atoms with Crippen LogP contribution in [0.15, 0.2) is 22.7 Å². The summed E-state index contributed by atoms with van der Waals surface area (Å²) in [5, 5.41) is 15.1. The van der Waals surface area contributed by atoms with Crippen molar-refractivity contribution in [1.29, 1.82) is 0 Å². The van der Waals surface area contributed by atoms with Gasteiger partial charge in [-0.3, -0.25) is 4.79 Å². The zero-order valence-corrected chi connectivity index (χ0v) is 12.6. The van der Waals surface area contributed by atoms with Crippen LogP contribution in [0.3, 0.4) is 0 Å². The molecule has 6 heteroatoms. The van der Waals surface area contributed by atoms with Crippen LogP contribution in [0, 0.1) is 5.92 Å². The van der Waals surface area contributed by atoms with Crippen LogP contribution in [-0.2, 0) is 4.79 Å². The number of halogens is 1. The summed E-state index contributed by atoms with van der Waals surface area (Å²) in [7, 11) is 0. The highest BCUT2D eigenvalue weighted by atomic mass is 79.9. The zero-order valence-electron chi connectivity index (χ0n) is 11.0. The lowest BCUT2D eigenvalue weighted by molar-refractivity contribution is -0.116. The van der Waals surface area contributed by atoms with Crippen molar-refractivity contribution in [1.82, 2.24) is 5.32 Å². The third-order valence-corrected chi connectivity index (χ3v) is 3.92. The molecule has 1 fully saturated rings. The van der Waals surface area contributed by atoms with Gasteiger partial charge in [-0.2, -0.15) is 0 Å². The number of carbonyl (C=O) groups excluding carboxylic acids is 1. The summed E-state index contributed by atoms with van der Waals surface area (Å²) in [5.74, 6) is -0.645. The van der Waals surface area contributed by atoms with Gasteiger partial charge in [0, 0.05) is 10.9 Å². The molecule has 1 amide bonds. The second-order valence-electron chi connectivity index (χ2n) is 4.94. The monoisotopic (exact) mass is 340 g/mol. The van der Waals surface area contributed by atoms with E-state index in [1.54, 1.807) is 12.1 Å². The van der Waals surface area contributed by atoms with Crippen molar-refractivity contribution in [3.05, 3.63) is 28.2 Å². The van der Waals surface area contributed by atoms with Crippen LogP contribution in [0.4, 0.5) is 5.69 Å². The molecule has 1 aromatic carbocycles. The molecule has 0 spiro atoms. The molecule has 108 valence electrons. The first-order valence-electron chi connectivity index (χ1n) is 6.59. The average Bonchev–Trinajstić information content (AvgIpc) is 2.91. The van der Waals surface area contributed by atoms with E-state index in [1.807, 2.05) is 0 Å². The highest BCUT2D eigenvalue weighted by molar-refractivity contribution is 9.10. The number of carbonyl (C=O) groups is 2. The van der Waals surface area contributed by atoms with Crippen LogP contribution >= 0.6 is 15.9 Å². The van der Waals surface area contributed by atoms with Crippen molar-refractivity contribution >= 4 is 33.5 Å². The number of nitrogens with one attached hydrogen (secondary N) is 2. The number of carboxylic acid groups (broad SMARTS) is 1. The quantitative estimate of drug-likeness (QED) is 0.769. The van der Waals surface area contributed by atoms with Gasteiger partial charge in [-0.1, -0.05) is 15.9 Å². The Balaban J connectivity index is 1.94. The molecule has 0 bridgehead atoms. The van der Waals surface area contributed by atoms with Crippen LogP contribution < -0.4 is 10.6 Å². The van der Waals surface area contributed by atoms with Crippen LogP contribution in [-0.4, -0.2) is 30.1 Å². The van der Waals surface area contributed by atoms with Crippen molar-refractivity contribution in [2.75, 3.05) is 18.4 Å². The van der Waals surface area contributed by atoms with Gasteiger partial charge in [-0.15, -0.1) is 0 Å². The fourth-order valence-corrected chi connectivity index (χ4v) is 2.67. The lowest BCUT2D eigenvalue weighted by atomic mass is 10.0. The summed E-state index contributed by atoms with van der Waals surface area (Å²) in [6, 6.07) is 4.80. The second kappa shape index (κ2) is 6.85. The normalized spacial score (nSPS) is 17.9. The smallest absolute Gasteiger partial charge is 0.337 e. The fourth-order valence-electron chi connectivity index (χ4n) is 2.31. The molecule has 0 saturated carbocycles. The number of rotatable bonds is 5. The third-order valence-electron chi connectivity index (χ3n) is 3.43. The van der Waals surface area contributed by atoms with Crippen molar-refractivity contribution in [3.63, 3.8) is 0 Å². The molecule has 1 aromatic rings. The number of carboxylic acids is 1. The summed E-state index contributed by atoms with van der Waals surface area (Å²) >= 11 is 3.22. The Morgan fingerprint density at radius 2 is 2.25 bits per heavy atom. The van der Waals surface area contributed by atoms with Crippen molar-refractivity contribution < 1.29 is 14.7 Å². The Kier molecular flexibility index (Phi) is 5.14. The SMILES string of the molecule is O=C(CCC1CCNC1)Nc1ccc(Br)cc1C(=O)O. The first-order chi connectivity index (χ1) is 9.56. The Morgan fingerprint density at radius 3 is 2.90 bits per heavy atom. The standard InChI is InChI=1S/C14H17BrN2O3/c15-10-2-3-12(11(7-10)14(19)20)17-13(18)4-1-9-5-6-16-8-9/h2-3,7,9,16H,1,4-6,8H2,(H,17,18)(H,19,20). The van der Waals surface area contributed by atoms with E-state index in [1.165, 1.54) is 6.07 Å². The van der Waals surface area contributed by atoms with Crippen LogP contribution in [0.5, 0.6) is 0 Å². The molecular weight excluding hydrogens is 324 g/mol. The Morgan fingerprint density at radius 1 is 1.45 bits per heavy atom. The maximum absolute atomic E-state index is 11.9. The number of benzene rings is 1. The maximum atomic E-state index is 11.9. The van der Waals surface area contributed by atoms with Crippen molar-refractivity contribution in [2.45, 2.75) is 19.3 Å². The van der Waals surface area contributed by atoms with Gasteiger partial charge in [0.15, 0.2) is 0 Å². The molecule has 3 N–H and O–H groups in total. The molecule has 0 radical (unpaired) electrons. The molecule has 1 heterocycles. The summed E-state index contributed by atoms with van der Waals surface area (Å²) in [5.41, 5.74) is 0.436. The molecule has 1 aliphatic heterocycles. The van der Waals surface area contributed by atoms with Gasteiger partial charge < -0.3 is 15.7 Å². The Hall–Kier alpha value is -1.40. The predicted molar refractivity (Wildman–Crippen MR) is 79.9 cm³/mol. The Bertz CT molecular complexity index is 513. The minimum atomic E-state index is -1.05. The van der Waals surface area contributed by atoms with E-state index in [-0.39, 0.29) is 11.5 Å². The molecule has 1 saturated heterocycles. The van der Waals surface area contributed by atoms with Gasteiger partial charge in [0.05, 0.1) is 11.3 Å². The second-order valence-corrected chi connectivity index (χ2v) is 5.86. The molecule has 1 atom stereocenters. The Labute approximate surface area is 125 Å². The van der Waals surface area contributed by atoms with Gasteiger partial charge in [-0.05, 0) is 50.0 Å². The molecule has 1 aliphatic rings. The summed E-state index contributed by atoms with van der Waals surface area (Å²) in [4.78, 5) is 23.0. The van der Waals surface area contributed by atoms with E-state index >= 15 is 0 Å². The number of anilines is 1. The van der Waals surface area contributed by atoms with Gasteiger partial charge in [0.1, 0.15) is 0 Å². The fraction of sp³-hybridized carbons (Fsp3) is 0.429. The minimum absolute atomic E-state index is 0.0928. The number of amides is 1. The molecule has 20 heavy (non-hydrogen) atoms. The maximum Gasteiger partial charge on any atom is 0.337 e. The summed E-state index contributed by atoms with van der Waals surface area (Å²) in [6.45, 7) is 1.98. The van der Waals surface area contributed by atoms with E-state index in [4.69, 9.17) is 5.11 Å². The van der Waals surface area contributed by atoms with E-state index in [0.717, 1.165) is 25.9 Å².